The van der Waals surface area contributed by atoms with Gasteiger partial charge in [-0.05, 0) is 54.2 Å². The van der Waals surface area contributed by atoms with Gasteiger partial charge in [0.15, 0.2) is 0 Å². The van der Waals surface area contributed by atoms with E-state index >= 15 is 0 Å². The van der Waals surface area contributed by atoms with E-state index in [0.29, 0.717) is 24.0 Å². The van der Waals surface area contributed by atoms with Crippen LogP contribution in [0.5, 0.6) is 0 Å². The van der Waals surface area contributed by atoms with E-state index in [0.717, 1.165) is 16.7 Å². The number of nitrogens with two attached hydrogens (primary N) is 1. The third-order valence-corrected chi connectivity index (χ3v) is 8.80. The zero-order chi connectivity index (χ0) is 32.1. The zero-order valence-electron chi connectivity index (χ0n) is 25.4. The van der Waals surface area contributed by atoms with Crippen molar-refractivity contribution in [2.24, 2.45) is 11.7 Å². The van der Waals surface area contributed by atoms with Crippen molar-refractivity contribution >= 4 is 23.6 Å². The molecule has 1 heterocycles. The van der Waals surface area contributed by atoms with E-state index in [9.17, 15) is 24.4 Å². The summed E-state index contributed by atoms with van der Waals surface area (Å²) in [5, 5.41) is 18.0. The summed E-state index contributed by atoms with van der Waals surface area (Å²) in [7, 11) is 1.58. The summed E-state index contributed by atoms with van der Waals surface area (Å²) in [5.74, 6) is -2.06. The van der Waals surface area contributed by atoms with Crippen LogP contribution in [0.25, 0.3) is 0 Å². The van der Waals surface area contributed by atoms with Crippen LogP contribution in [0.3, 0.4) is 0 Å². The van der Waals surface area contributed by atoms with Gasteiger partial charge in [-0.2, -0.15) is 5.26 Å². The van der Waals surface area contributed by atoms with E-state index in [2.05, 4.69) is 22.0 Å². The molecular weight excluding hydrogens is 568 g/mol. The molecule has 5 rings (SSSR count). The molecule has 1 aliphatic carbocycles. The van der Waals surface area contributed by atoms with E-state index in [-0.39, 0.29) is 30.7 Å². The van der Waals surface area contributed by atoms with Gasteiger partial charge >= 0.3 is 0 Å². The average Bonchev–Trinajstić information content (AvgIpc) is 3.67. The van der Waals surface area contributed by atoms with Crippen LogP contribution in [-0.4, -0.2) is 60.2 Å². The van der Waals surface area contributed by atoms with Gasteiger partial charge in [0.25, 0.3) is 0 Å². The van der Waals surface area contributed by atoms with Crippen LogP contribution in [0.4, 0.5) is 0 Å². The fourth-order valence-corrected chi connectivity index (χ4v) is 6.45. The highest BCUT2D eigenvalue weighted by Crippen LogP contribution is 2.38. The lowest BCUT2D eigenvalue weighted by Crippen LogP contribution is -2.56. The summed E-state index contributed by atoms with van der Waals surface area (Å²) in [5.41, 5.74) is 9.85. The highest BCUT2D eigenvalue weighted by Gasteiger charge is 2.45. The molecule has 0 radical (unpaired) electrons. The second kappa shape index (κ2) is 13.7. The van der Waals surface area contributed by atoms with Crippen LogP contribution in [0.2, 0.25) is 0 Å². The third-order valence-electron chi connectivity index (χ3n) is 8.80. The topological polar surface area (TPSA) is 157 Å². The first-order valence-corrected chi connectivity index (χ1v) is 15.2. The van der Waals surface area contributed by atoms with Gasteiger partial charge in [-0.3, -0.25) is 19.2 Å². The zero-order valence-corrected chi connectivity index (χ0v) is 25.4. The van der Waals surface area contributed by atoms with Gasteiger partial charge in [-0.1, -0.05) is 66.7 Å². The monoisotopic (exact) mass is 606 g/mol. The quantitative estimate of drug-likeness (QED) is 0.292. The number of nitriles is 1. The number of carbonyl (C=O) groups is 4. The number of fused-ring (bicyclic) bond motifs is 1. The molecule has 10 nitrogen and oxygen atoms in total. The minimum atomic E-state index is -1.02. The van der Waals surface area contributed by atoms with E-state index < -0.39 is 41.9 Å². The van der Waals surface area contributed by atoms with Crippen molar-refractivity contribution in [3.8, 4) is 6.07 Å². The van der Waals surface area contributed by atoms with Gasteiger partial charge in [-0.25, -0.2) is 0 Å². The summed E-state index contributed by atoms with van der Waals surface area (Å²) < 4.78 is 0. The molecule has 232 valence electrons. The largest absolute Gasteiger partial charge is 0.359 e. The minimum Gasteiger partial charge on any atom is -0.359 e. The lowest BCUT2D eigenvalue weighted by atomic mass is 9.95. The lowest BCUT2D eigenvalue weighted by Gasteiger charge is -2.30. The van der Waals surface area contributed by atoms with Gasteiger partial charge < -0.3 is 26.6 Å². The van der Waals surface area contributed by atoms with Crippen molar-refractivity contribution in [1.82, 2.24) is 20.9 Å². The van der Waals surface area contributed by atoms with Crippen molar-refractivity contribution in [3.63, 3.8) is 0 Å². The molecule has 3 aromatic rings. The highest BCUT2D eigenvalue weighted by molar-refractivity contribution is 5.94. The van der Waals surface area contributed by atoms with Crippen LogP contribution >= 0.6 is 0 Å². The molecule has 10 heteroatoms. The molecule has 6 atom stereocenters. The molecule has 4 amide bonds. The number of amides is 4. The predicted octanol–water partition coefficient (Wildman–Crippen LogP) is 2.09. The molecule has 3 aromatic carbocycles. The van der Waals surface area contributed by atoms with Gasteiger partial charge in [0.2, 0.25) is 23.6 Å². The van der Waals surface area contributed by atoms with Crippen LogP contribution in [0.1, 0.15) is 53.1 Å². The van der Waals surface area contributed by atoms with Gasteiger partial charge in [-0.15, -0.1) is 0 Å². The summed E-state index contributed by atoms with van der Waals surface area (Å²) >= 11 is 0. The fourth-order valence-electron chi connectivity index (χ4n) is 6.45. The molecule has 2 aliphatic rings. The Labute approximate surface area is 263 Å². The number of benzene rings is 3. The molecule has 0 bridgehead atoms. The highest BCUT2D eigenvalue weighted by atomic mass is 16.2. The van der Waals surface area contributed by atoms with E-state index in [1.165, 1.54) is 6.92 Å². The SMILES string of the molecule is CNC(=O)[C@@H]1Cc2ccccc2[C@@H]1NC(=O)[C@@H]1C[C@H](c2ccccc2)CN1C(=O)[C@H](Cc1cccc(C#N)c1)NC(=O)[C@H](C)N. The predicted molar refractivity (Wildman–Crippen MR) is 168 cm³/mol. The van der Waals surface area contributed by atoms with Crippen molar-refractivity contribution in [1.29, 1.82) is 5.26 Å². The number of nitrogens with one attached hydrogen (secondary N) is 3. The Bertz CT molecular complexity index is 1620. The Morgan fingerprint density at radius 2 is 1.73 bits per heavy atom. The number of likely N-dealkylation sites (tertiary alicyclic amines) is 1. The van der Waals surface area contributed by atoms with Crippen LogP contribution < -0.4 is 21.7 Å². The number of rotatable bonds is 9. The van der Waals surface area contributed by atoms with Crippen molar-refractivity contribution < 1.29 is 19.2 Å². The average molecular weight is 607 g/mol. The first kappa shape index (κ1) is 31.4. The molecule has 0 spiro atoms. The Kier molecular flexibility index (Phi) is 9.59. The summed E-state index contributed by atoms with van der Waals surface area (Å²) in [4.78, 5) is 55.7. The first-order chi connectivity index (χ1) is 21.7. The Morgan fingerprint density at radius 1 is 1.00 bits per heavy atom. The van der Waals surface area contributed by atoms with Crippen LogP contribution in [0.15, 0.2) is 78.9 Å². The first-order valence-electron chi connectivity index (χ1n) is 15.2. The Hall–Kier alpha value is -5.01. The van der Waals surface area contributed by atoms with E-state index in [4.69, 9.17) is 5.73 Å². The van der Waals surface area contributed by atoms with Gasteiger partial charge in [0, 0.05) is 25.9 Å². The Morgan fingerprint density at radius 3 is 2.44 bits per heavy atom. The molecule has 0 saturated carbocycles. The number of carbonyl (C=O) groups excluding carboxylic acids is 4. The number of nitrogens with zero attached hydrogens (tertiary/aromatic N) is 2. The molecule has 1 saturated heterocycles. The number of hydrogen-bond acceptors (Lipinski definition) is 6. The Balaban J connectivity index is 1.46. The summed E-state index contributed by atoms with van der Waals surface area (Å²) in [6.07, 6.45) is 0.981. The molecule has 0 unspecified atom stereocenters. The van der Waals surface area contributed by atoms with E-state index in [1.54, 1.807) is 36.2 Å². The van der Waals surface area contributed by atoms with Crippen LogP contribution in [0, 0.1) is 17.2 Å². The maximum atomic E-state index is 14.4. The van der Waals surface area contributed by atoms with Gasteiger partial charge in [0.1, 0.15) is 12.1 Å². The van der Waals surface area contributed by atoms with Crippen molar-refractivity contribution in [3.05, 3.63) is 107 Å². The molecule has 1 fully saturated rings. The van der Waals surface area contributed by atoms with Crippen molar-refractivity contribution in [2.45, 2.75) is 56.3 Å². The summed E-state index contributed by atoms with van der Waals surface area (Å²) in [6, 6.07) is 23.1. The third kappa shape index (κ3) is 6.89. The maximum Gasteiger partial charge on any atom is 0.246 e. The molecular formula is C35H38N6O4. The number of hydrogen-bond donors (Lipinski definition) is 4. The molecule has 1 aliphatic heterocycles. The summed E-state index contributed by atoms with van der Waals surface area (Å²) in [6.45, 7) is 1.80. The molecule has 0 aromatic heterocycles. The van der Waals surface area contributed by atoms with Gasteiger partial charge in [0.05, 0.1) is 29.6 Å². The van der Waals surface area contributed by atoms with Crippen molar-refractivity contribution in [2.75, 3.05) is 13.6 Å². The second-order valence-corrected chi connectivity index (χ2v) is 11.8. The smallest absolute Gasteiger partial charge is 0.246 e. The normalized spacial score (nSPS) is 21.6. The lowest BCUT2D eigenvalue weighted by molar-refractivity contribution is -0.142. The van der Waals surface area contributed by atoms with E-state index in [1.807, 2.05) is 54.6 Å². The second-order valence-electron chi connectivity index (χ2n) is 11.8. The maximum absolute atomic E-state index is 14.4. The molecule has 5 N–H and O–H groups in total. The fraction of sp³-hybridized carbons (Fsp3) is 0.343. The van der Waals surface area contributed by atoms with Crippen LogP contribution in [-0.2, 0) is 32.0 Å². The standard InChI is InChI=1S/C35H38N6O4/c1-21(37)32(42)39-29(16-22-9-8-10-23(15-22)19-36)35(45)41-20-26(24-11-4-3-5-12-24)18-30(41)34(44)40-31-27-14-7-6-13-25(27)17-28(31)33(43)38-2/h3-15,21,26,28-31H,16-18,20,37H2,1-2H3,(H,38,43)(H,39,42)(H,40,44)/t21-,26-,28+,29-,30-,31-/m0/s1. The molecule has 45 heavy (non-hydrogen) atoms. The minimum absolute atomic E-state index is 0.113.